The molecule has 0 saturated heterocycles. The highest BCUT2D eigenvalue weighted by atomic mass is 32.1. The summed E-state index contributed by atoms with van der Waals surface area (Å²) in [5.41, 5.74) is 0.0986. The Morgan fingerprint density at radius 1 is 1.16 bits per heavy atom. The quantitative estimate of drug-likeness (QED) is 0.936. The second-order valence-corrected chi connectivity index (χ2v) is 7.14. The first kappa shape index (κ1) is 13.9. The Kier molecular flexibility index (Phi) is 3.82. The maximum atomic E-state index is 10.7. The van der Waals surface area contributed by atoms with Crippen molar-refractivity contribution in [2.45, 2.75) is 26.2 Å². The summed E-state index contributed by atoms with van der Waals surface area (Å²) >= 11 is 2.79. The van der Waals surface area contributed by atoms with E-state index >= 15 is 0 Å². The highest BCUT2D eigenvalue weighted by Crippen LogP contribution is 2.28. The van der Waals surface area contributed by atoms with Crippen LogP contribution in [0.1, 0.15) is 45.3 Å². The van der Waals surface area contributed by atoms with E-state index in [2.05, 4.69) is 30.7 Å². The van der Waals surface area contributed by atoms with Crippen LogP contribution in [-0.4, -0.2) is 21.0 Å². The molecule has 0 atom stereocenters. The molecule has 0 unspecified atom stereocenters. The maximum absolute atomic E-state index is 10.7. The fourth-order valence-electron chi connectivity index (χ4n) is 1.32. The van der Waals surface area contributed by atoms with Crippen LogP contribution < -0.4 is 0 Å². The molecule has 2 rings (SSSR count). The number of carbonyl (C=O) groups is 1. The van der Waals surface area contributed by atoms with Crippen LogP contribution in [0.3, 0.4) is 0 Å². The lowest BCUT2D eigenvalue weighted by atomic mass is 9.96. The molecule has 2 heterocycles. The molecular weight excluding hydrogens is 280 g/mol. The molecule has 100 valence electrons. The Morgan fingerprint density at radius 3 is 2.21 bits per heavy atom. The van der Waals surface area contributed by atoms with Crippen LogP contribution in [-0.2, 0) is 5.41 Å². The zero-order valence-corrected chi connectivity index (χ0v) is 12.5. The molecular formula is C13H14N2O2S2. The minimum atomic E-state index is -0.943. The summed E-state index contributed by atoms with van der Waals surface area (Å²) in [5, 5.41) is 10.4. The zero-order chi connectivity index (χ0) is 14.0. The summed E-state index contributed by atoms with van der Waals surface area (Å²) in [6, 6.07) is 0. The molecule has 2 aromatic heterocycles. The van der Waals surface area contributed by atoms with E-state index in [0.717, 1.165) is 16.3 Å². The molecule has 2 aromatic rings. The van der Waals surface area contributed by atoms with E-state index in [0.29, 0.717) is 5.01 Å². The third-order valence-electron chi connectivity index (χ3n) is 2.37. The van der Waals surface area contributed by atoms with Crippen LogP contribution in [0.5, 0.6) is 0 Å². The third-order valence-corrected chi connectivity index (χ3v) is 4.70. The Labute approximate surface area is 119 Å². The molecule has 0 fully saturated rings. The summed E-state index contributed by atoms with van der Waals surface area (Å²) in [5.74, 6) is -0.943. The number of carboxylic acid groups (broad SMARTS) is 1. The average Bonchev–Trinajstić information content (AvgIpc) is 2.95. The van der Waals surface area contributed by atoms with Crippen molar-refractivity contribution in [1.29, 1.82) is 0 Å². The fourth-order valence-corrected chi connectivity index (χ4v) is 2.86. The molecule has 0 aromatic carbocycles. The number of aromatic nitrogens is 2. The first-order chi connectivity index (χ1) is 8.86. The van der Waals surface area contributed by atoms with Crippen molar-refractivity contribution in [2.75, 3.05) is 0 Å². The number of thiazole rings is 2. The van der Waals surface area contributed by atoms with Crippen molar-refractivity contribution < 1.29 is 9.90 Å². The standard InChI is InChI=1S/C13H14N2O2S2/c1-13(2,3)9-7-15-11(19-9)5-4-10-14-6-8(18-10)12(16)17/h4-7H,1-3H3,(H,16,17). The molecule has 0 radical (unpaired) electrons. The molecule has 0 saturated carbocycles. The maximum Gasteiger partial charge on any atom is 0.347 e. The van der Waals surface area contributed by atoms with Crippen molar-refractivity contribution >= 4 is 40.8 Å². The highest BCUT2D eigenvalue weighted by Gasteiger charge is 2.16. The van der Waals surface area contributed by atoms with Gasteiger partial charge in [0.2, 0.25) is 0 Å². The van der Waals surface area contributed by atoms with Gasteiger partial charge in [0.1, 0.15) is 14.9 Å². The molecule has 0 aliphatic rings. The molecule has 0 aliphatic heterocycles. The largest absolute Gasteiger partial charge is 0.477 e. The van der Waals surface area contributed by atoms with Gasteiger partial charge < -0.3 is 5.11 Å². The van der Waals surface area contributed by atoms with E-state index in [9.17, 15) is 4.79 Å². The first-order valence-electron chi connectivity index (χ1n) is 5.70. The van der Waals surface area contributed by atoms with Crippen LogP contribution in [0, 0.1) is 0 Å². The van der Waals surface area contributed by atoms with Crippen LogP contribution >= 0.6 is 22.7 Å². The van der Waals surface area contributed by atoms with Gasteiger partial charge in [-0.3, -0.25) is 0 Å². The highest BCUT2D eigenvalue weighted by molar-refractivity contribution is 7.14. The number of aromatic carboxylic acids is 1. The smallest absolute Gasteiger partial charge is 0.347 e. The number of carboxylic acids is 1. The normalized spacial score (nSPS) is 12.2. The molecule has 1 N–H and O–H groups in total. The van der Waals surface area contributed by atoms with Crippen molar-refractivity contribution in [3.05, 3.63) is 32.2 Å². The third kappa shape index (κ3) is 3.48. The van der Waals surface area contributed by atoms with Gasteiger partial charge in [0.15, 0.2) is 0 Å². The number of hydrogen-bond acceptors (Lipinski definition) is 5. The first-order valence-corrected chi connectivity index (χ1v) is 7.33. The minimum absolute atomic E-state index is 0.0986. The average molecular weight is 294 g/mol. The Morgan fingerprint density at radius 2 is 1.74 bits per heavy atom. The van der Waals surface area contributed by atoms with E-state index in [1.807, 2.05) is 12.3 Å². The Hall–Kier alpha value is -1.53. The lowest BCUT2D eigenvalue weighted by Gasteiger charge is -2.14. The van der Waals surface area contributed by atoms with Crippen LogP contribution in [0.2, 0.25) is 0 Å². The van der Waals surface area contributed by atoms with Crippen LogP contribution in [0.4, 0.5) is 0 Å². The van der Waals surface area contributed by atoms with Gasteiger partial charge in [-0.2, -0.15) is 0 Å². The van der Waals surface area contributed by atoms with E-state index in [1.54, 1.807) is 17.4 Å². The van der Waals surface area contributed by atoms with Crippen LogP contribution in [0.15, 0.2) is 12.4 Å². The van der Waals surface area contributed by atoms with Gasteiger partial charge in [-0.15, -0.1) is 22.7 Å². The van der Waals surface area contributed by atoms with Crippen molar-refractivity contribution in [2.24, 2.45) is 0 Å². The summed E-state index contributed by atoms with van der Waals surface area (Å²) < 4.78 is 0. The second kappa shape index (κ2) is 5.22. The number of nitrogens with zero attached hydrogens (tertiary/aromatic N) is 2. The summed E-state index contributed by atoms with van der Waals surface area (Å²) in [4.78, 5) is 20.6. The molecule has 0 spiro atoms. The number of rotatable bonds is 3. The van der Waals surface area contributed by atoms with Gasteiger partial charge in [-0.1, -0.05) is 20.8 Å². The van der Waals surface area contributed by atoms with Crippen molar-refractivity contribution in [3.8, 4) is 0 Å². The topological polar surface area (TPSA) is 63.1 Å². The van der Waals surface area contributed by atoms with Crippen molar-refractivity contribution in [3.63, 3.8) is 0 Å². The molecule has 0 bridgehead atoms. The minimum Gasteiger partial charge on any atom is -0.477 e. The van der Waals surface area contributed by atoms with Crippen molar-refractivity contribution in [1.82, 2.24) is 9.97 Å². The van der Waals surface area contributed by atoms with E-state index in [-0.39, 0.29) is 10.3 Å². The van der Waals surface area contributed by atoms with E-state index in [4.69, 9.17) is 5.11 Å². The summed E-state index contributed by atoms with van der Waals surface area (Å²) in [7, 11) is 0. The summed E-state index contributed by atoms with van der Waals surface area (Å²) in [6.07, 6.45) is 6.91. The molecule has 0 amide bonds. The predicted octanol–water partition coefficient (Wildman–Crippen LogP) is 3.77. The number of hydrogen-bond donors (Lipinski definition) is 1. The lowest BCUT2D eigenvalue weighted by molar-refractivity contribution is 0.0702. The van der Waals surface area contributed by atoms with Gasteiger partial charge >= 0.3 is 5.97 Å². The molecule has 19 heavy (non-hydrogen) atoms. The van der Waals surface area contributed by atoms with Gasteiger partial charge in [0.25, 0.3) is 0 Å². The molecule has 4 nitrogen and oxygen atoms in total. The molecule has 0 aliphatic carbocycles. The Balaban J connectivity index is 2.14. The lowest BCUT2D eigenvalue weighted by Crippen LogP contribution is -2.07. The van der Waals surface area contributed by atoms with E-state index in [1.165, 1.54) is 11.1 Å². The second-order valence-electron chi connectivity index (χ2n) is 5.01. The fraction of sp³-hybridized carbons (Fsp3) is 0.308. The van der Waals surface area contributed by atoms with Gasteiger partial charge in [-0.25, -0.2) is 14.8 Å². The Bertz CT molecular complexity index is 621. The zero-order valence-electron chi connectivity index (χ0n) is 10.9. The monoisotopic (exact) mass is 294 g/mol. The van der Waals surface area contributed by atoms with Gasteiger partial charge in [0, 0.05) is 11.1 Å². The SMILES string of the molecule is CC(C)(C)c1cnc(C=Cc2ncc(C(=O)O)s2)s1. The van der Waals surface area contributed by atoms with Gasteiger partial charge in [0.05, 0.1) is 6.20 Å². The van der Waals surface area contributed by atoms with Crippen LogP contribution in [0.25, 0.3) is 12.2 Å². The summed E-state index contributed by atoms with van der Waals surface area (Å²) in [6.45, 7) is 6.44. The van der Waals surface area contributed by atoms with Gasteiger partial charge in [-0.05, 0) is 17.6 Å². The molecule has 6 heteroatoms. The van der Waals surface area contributed by atoms with E-state index < -0.39 is 5.97 Å². The predicted molar refractivity (Wildman–Crippen MR) is 78.8 cm³/mol.